The molecule has 1 atom stereocenters. The Bertz CT molecular complexity index is 907. The van der Waals surface area contributed by atoms with Crippen molar-refractivity contribution in [2.75, 3.05) is 13.1 Å². The normalized spacial score (nSPS) is 17.1. The summed E-state index contributed by atoms with van der Waals surface area (Å²) in [4.78, 5) is 31.2. The van der Waals surface area contributed by atoms with Crippen LogP contribution in [0.25, 0.3) is 0 Å². The first-order valence-corrected chi connectivity index (χ1v) is 9.87. The molecule has 28 heavy (non-hydrogen) atoms. The first-order valence-electron chi connectivity index (χ1n) is 9.87. The molecule has 3 rings (SSSR count). The van der Waals surface area contributed by atoms with E-state index in [0.717, 1.165) is 42.7 Å². The van der Waals surface area contributed by atoms with E-state index < -0.39 is 0 Å². The molecule has 9 heteroatoms. The van der Waals surface area contributed by atoms with Gasteiger partial charge in [0.05, 0.1) is 6.54 Å². The van der Waals surface area contributed by atoms with Crippen LogP contribution in [-0.4, -0.2) is 43.3 Å². The van der Waals surface area contributed by atoms with Crippen molar-refractivity contribution in [3.8, 4) is 0 Å². The Balaban J connectivity index is 1.79. The molecule has 1 saturated heterocycles. The van der Waals surface area contributed by atoms with E-state index in [1.807, 2.05) is 0 Å². The van der Waals surface area contributed by atoms with Crippen LogP contribution in [0, 0.1) is 5.92 Å². The van der Waals surface area contributed by atoms with Gasteiger partial charge in [0, 0.05) is 51.4 Å². The van der Waals surface area contributed by atoms with Gasteiger partial charge in [-0.2, -0.15) is 4.98 Å². The number of nitrogens with one attached hydrogen (secondary N) is 1. The summed E-state index contributed by atoms with van der Waals surface area (Å²) in [6.45, 7) is 7.03. The molecule has 1 aliphatic rings. The van der Waals surface area contributed by atoms with Gasteiger partial charge in [-0.05, 0) is 25.3 Å². The summed E-state index contributed by atoms with van der Waals surface area (Å²) in [5.74, 6) is 1.88. The lowest BCUT2D eigenvalue weighted by atomic mass is 10.1. The zero-order valence-electron chi connectivity index (χ0n) is 17.1. The predicted octanol–water partition coefficient (Wildman–Crippen LogP) is 0.420. The van der Waals surface area contributed by atoms with Crippen molar-refractivity contribution >= 4 is 0 Å². The lowest BCUT2D eigenvalue weighted by Gasteiger charge is -2.26. The van der Waals surface area contributed by atoms with Gasteiger partial charge in [0.25, 0.3) is 5.56 Å². The Hall–Kier alpha value is -2.26. The summed E-state index contributed by atoms with van der Waals surface area (Å²) in [6.07, 6.45) is 4.43. The maximum atomic E-state index is 12.6. The monoisotopic (exact) mass is 390 g/mol. The maximum Gasteiger partial charge on any atom is 0.330 e. The van der Waals surface area contributed by atoms with Crippen LogP contribution in [0.15, 0.2) is 20.3 Å². The minimum Gasteiger partial charge on any atom is -0.338 e. The second-order valence-electron chi connectivity index (χ2n) is 8.00. The summed E-state index contributed by atoms with van der Waals surface area (Å²) in [7, 11) is 3.17. The average Bonchev–Trinajstić information content (AvgIpc) is 3.34. The topological polar surface area (TPSA) is 98.2 Å². The van der Waals surface area contributed by atoms with Crippen LogP contribution in [0.5, 0.6) is 0 Å². The van der Waals surface area contributed by atoms with Crippen LogP contribution in [-0.2, 0) is 33.6 Å². The van der Waals surface area contributed by atoms with Crippen molar-refractivity contribution in [1.29, 1.82) is 0 Å². The summed E-state index contributed by atoms with van der Waals surface area (Å²) < 4.78 is 8.05. The second kappa shape index (κ2) is 8.83. The highest BCUT2D eigenvalue weighted by Crippen LogP contribution is 2.16. The summed E-state index contributed by atoms with van der Waals surface area (Å²) in [5.41, 5.74) is -0.00668. The Morgan fingerprint density at radius 1 is 1.32 bits per heavy atom. The molecule has 0 aliphatic carbocycles. The van der Waals surface area contributed by atoms with Crippen LogP contribution in [0.3, 0.4) is 0 Å². The van der Waals surface area contributed by atoms with Gasteiger partial charge in [-0.15, -0.1) is 0 Å². The highest BCUT2D eigenvalue weighted by Gasteiger charge is 2.26. The van der Waals surface area contributed by atoms with E-state index in [0.29, 0.717) is 30.5 Å². The molecule has 1 aliphatic heterocycles. The van der Waals surface area contributed by atoms with Gasteiger partial charge < -0.3 is 14.4 Å². The number of aryl methyl sites for hydroxylation is 2. The first kappa shape index (κ1) is 20.5. The van der Waals surface area contributed by atoms with Crippen LogP contribution in [0.4, 0.5) is 0 Å². The number of nitrogens with zero attached hydrogens (tertiary/aromatic N) is 5. The minimum atomic E-state index is -0.325. The van der Waals surface area contributed by atoms with E-state index in [4.69, 9.17) is 4.52 Å². The first-order chi connectivity index (χ1) is 13.3. The molecular weight excluding hydrogens is 360 g/mol. The largest absolute Gasteiger partial charge is 0.338 e. The van der Waals surface area contributed by atoms with Gasteiger partial charge in [-0.25, -0.2) is 4.79 Å². The molecule has 0 saturated carbocycles. The lowest BCUT2D eigenvalue weighted by Crippen LogP contribution is -2.42. The van der Waals surface area contributed by atoms with E-state index in [-0.39, 0.29) is 17.3 Å². The van der Waals surface area contributed by atoms with Crippen LogP contribution in [0.2, 0.25) is 0 Å². The highest BCUT2D eigenvalue weighted by atomic mass is 16.5. The van der Waals surface area contributed by atoms with E-state index in [2.05, 4.69) is 34.2 Å². The van der Waals surface area contributed by atoms with E-state index in [1.54, 1.807) is 13.2 Å². The lowest BCUT2D eigenvalue weighted by molar-refractivity contribution is 0.164. The molecule has 154 valence electrons. The zero-order valence-corrected chi connectivity index (χ0v) is 17.1. The molecule has 2 aromatic heterocycles. The third kappa shape index (κ3) is 4.77. The van der Waals surface area contributed by atoms with E-state index in [1.165, 1.54) is 11.6 Å². The van der Waals surface area contributed by atoms with Gasteiger partial charge in [-0.1, -0.05) is 19.0 Å². The third-order valence-corrected chi connectivity index (χ3v) is 5.24. The van der Waals surface area contributed by atoms with Crippen molar-refractivity contribution in [1.82, 2.24) is 29.5 Å². The van der Waals surface area contributed by atoms with Gasteiger partial charge in [0.15, 0.2) is 5.82 Å². The van der Waals surface area contributed by atoms with Crippen molar-refractivity contribution < 1.29 is 4.52 Å². The molecule has 2 aromatic rings. The van der Waals surface area contributed by atoms with Crippen LogP contribution >= 0.6 is 0 Å². The molecule has 1 fully saturated rings. The average molecular weight is 390 g/mol. The van der Waals surface area contributed by atoms with Crippen molar-refractivity contribution in [3.05, 3.63) is 44.3 Å². The third-order valence-electron chi connectivity index (χ3n) is 5.24. The highest BCUT2D eigenvalue weighted by molar-refractivity contribution is 5.06. The Labute approximate surface area is 164 Å². The molecule has 3 heterocycles. The van der Waals surface area contributed by atoms with E-state index in [9.17, 15) is 9.59 Å². The SMILES string of the molecule is CC(C)CCc1noc(CN(Cc2cn(C)c(=O)n(C)c2=O)C2CCNC2)n1. The molecule has 0 radical (unpaired) electrons. The summed E-state index contributed by atoms with van der Waals surface area (Å²) in [6, 6.07) is 0.271. The van der Waals surface area contributed by atoms with E-state index >= 15 is 0 Å². The van der Waals surface area contributed by atoms with Crippen molar-refractivity contribution in [3.63, 3.8) is 0 Å². The number of hydrogen-bond donors (Lipinski definition) is 1. The predicted molar refractivity (Wildman–Crippen MR) is 105 cm³/mol. The summed E-state index contributed by atoms with van der Waals surface area (Å²) >= 11 is 0. The maximum absolute atomic E-state index is 12.6. The number of hydrogen-bond acceptors (Lipinski definition) is 7. The fourth-order valence-electron chi connectivity index (χ4n) is 3.52. The molecule has 1 unspecified atom stereocenters. The molecule has 1 N–H and O–H groups in total. The van der Waals surface area contributed by atoms with Crippen LogP contribution in [0.1, 0.15) is 44.0 Å². The van der Waals surface area contributed by atoms with Gasteiger partial charge in [-0.3, -0.25) is 14.3 Å². The fraction of sp³-hybridized carbons (Fsp3) is 0.684. The smallest absolute Gasteiger partial charge is 0.330 e. The van der Waals surface area contributed by atoms with Gasteiger partial charge in [0.2, 0.25) is 5.89 Å². The molecule has 0 spiro atoms. The molecule has 0 aromatic carbocycles. The molecule has 9 nitrogen and oxygen atoms in total. The second-order valence-corrected chi connectivity index (χ2v) is 8.00. The standard InChI is InChI=1S/C19H30N6O3/c1-13(2)5-6-16-21-17(28-22-16)12-25(15-7-8-20-9-15)11-14-10-23(3)19(27)24(4)18(14)26/h10,13,15,20H,5-9,11-12H2,1-4H3. The fourth-order valence-corrected chi connectivity index (χ4v) is 3.52. The molecule has 0 amide bonds. The Kier molecular flexibility index (Phi) is 6.46. The Morgan fingerprint density at radius 3 is 2.79 bits per heavy atom. The molecular formula is C19H30N6O3. The van der Waals surface area contributed by atoms with Crippen LogP contribution < -0.4 is 16.6 Å². The van der Waals surface area contributed by atoms with Crippen molar-refractivity contribution in [2.24, 2.45) is 20.0 Å². The summed E-state index contributed by atoms with van der Waals surface area (Å²) in [5, 5.41) is 7.45. The Morgan fingerprint density at radius 2 is 2.11 bits per heavy atom. The number of aromatic nitrogens is 4. The van der Waals surface area contributed by atoms with Crippen molar-refractivity contribution in [2.45, 2.75) is 52.2 Å². The zero-order chi connectivity index (χ0) is 20.3. The molecule has 0 bridgehead atoms. The quantitative estimate of drug-likeness (QED) is 0.697. The van der Waals surface area contributed by atoms with Gasteiger partial charge in [0.1, 0.15) is 0 Å². The van der Waals surface area contributed by atoms with Gasteiger partial charge >= 0.3 is 5.69 Å². The minimum absolute atomic E-state index is 0.262. The number of rotatable bonds is 8.